The quantitative estimate of drug-likeness (QED) is 0.562. The van der Waals surface area contributed by atoms with Gasteiger partial charge >= 0.3 is 0 Å². The van der Waals surface area contributed by atoms with Gasteiger partial charge in [0, 0.05) is 22.3 Å². The van der Waals surface area contributed by atoms with Crippen LogP contribution in [0.2, 0.25) is 0 Å². The lowest BCUT2D eigenvalue weighted by Gasteiger charge is -2.08. The molecular formula is C17H15BrFN3S. The van der Waals surface area contributed by atoms with Gasteiger partial charge in [0.1, 0.15) is 5.82 Å². The Morgan fingerprint density at radius 1 is 1.09 bits per heavy atom. The molecule has 0 bridgehead atoms. The van der Waals surface area contributed by atoms with Crippen molar-refractivity contribution in [2.75, 3.05) is 0 Å². The number of aromatic nitrogens is 3. The van der Waals surface area contributed by atoms with E-state index in [9.17, 15) is 4.39 Å². The third-order valence-corrected chi connectivity index (χ3v) is 4.99. The molecule has 0 amide bonds. The summed E-state index contributed by atoms with van der Waals surface area (Å²) in [6.45, 7) is 2.82. The zero-order valence-corrected chi connectivity index (χ0v) is 14.9. The number of rotatable bonds is 5. The first-order valence-corrected chi connectivity index (χ1v) is 9.02. The summed E-state index contributed by atoms with van der Waals surface area (Å²) in [5.74, 6) is 1.18. The van der Waals surface area contributed by atoms with E-state index in [2.05, 4.69) is 37.6 Å². The Morgan fingerprint density at radius 3 is 2.52 bits per heavy atom. The number of thioether (sulfide) groups is 1. The van der Waals surface area contributed by atoms with Crippen LogP contribution < -0.4 is 0 Å². The molecule has 0 unspecified atom stereocenters. The summed E-state index contributed by atoms with van der Waals surface area (Å²) < 4.78 is 16.8. The van der Waals surface area contributed by atoms with Crippen molar-refractivity contribution in [3.05, 3.63) is 64.4 Å². The molecule has 3 nitrogen and oxygen atoms in total. The Bertz CT molecular complexity index is 802. The van der Waals surface area contributed by atoms with E-state index < -0.39 is 0 Å². The van der Waals surface area contributed by atoms with Crippen molar-refractivity contribution in [2.24, 2.45) is 0 Å². The lowest BCUT2D eigenvalue weighted by molar-refractivity contribution is 0.617. The van der Waals surface area contributed by atoms with Crippen molar-refractivity contribution in [3.8, 4) is 11.4 Å². The molecule has 0 aliphatic rings. The van der Waals surface area contributed by atoms with Crippen molar-refractivity contribution < 1.29 is 4.39 Å². The first-order chi connectivity index (χ1) is 11.2. The molecule has 0 radical (unpaired) electrons. The number of hydrogen-bond acceptors (Lipinski definition) is 3. The highest BCUT2D eigenvalue weighted by molar-refractivity contribution is 9.10. The first-order valence-electron chi connectivity index (χ1n) is 7.24. The van der Waals surface area contributed by atoms with Gasteiger partial charge in [0.2, 0.25) is 0 Å². The number of benzene rings is 2. The lowest BCUT2D eigenvalue weighted by Crippen LogP contribution is -2.00. The van der Waals surface area contributed by atoms with Gasteiger partial charge in [0.15, 0.2) is 11.0 Å². The van der Waals surface area contributed by atoms with Crippen LogP contribution in [-0.4, -0.2) is 14.8 Å². The highest BCUT2D eigenvalue weighted by Gasteiger charge is 2.13. The summed E-state index contributed by atoms with van der Waals surface area (Å²) in [6.07, 6.45) is 0. The van der Waals surface area contributed by atoms with E-state index >= 15 is 0 Å². The molecule has 0 aliphatic carbocycles. The molecule has 3 rings (SSSR count). The monoisotopic (exact) mass is 391 g/mol. The standard InChI is InChI=1S/C17H15BrFN3S/c1-2-22-16(12-7-9-14(18)10-8-12)20-21-17(22)23-11-13-5-3-4-6-15(13)19/h3-10H,2,11H2,1H3. The van der Waals surface area contributed by atoms with E-state index in [0.717, 1.165) is 27.6 Å². The van der Waals surface area contributed by atoms with Crippen LogP contribution in [0.5, 0.6) is 0 Å². The average Bonchev–Trinajstić information content (AvgIpc) is 2.97. The van der Waals surface area contributed by atoms with Gasteiger partial charge in [0.25, 0.3) is 0 Å². The Morgan fingerprint density at radius 2 is 1.83 bits per heavy atom. The van der Waals surface area contributed by atoms with Crippen LogP contribution in [0.1, 0.15) is 12.5 Å². The molecule has 23 heavy (non-hydrogen) atoms. The summed E-state index contributed by atoms with van der Waals surface area (Å²) in [4.78, 5) is 0. The van der Waals surface area contributed by atoms with Crippen molar-refractivity contribution in [1.29, 1.82) is 0 Å². The van der Waals surface area contributed by atoms with Crippen LogP contribution in [-0.2, 0) is 12.3 Å². The van der Waals surface area contributed by atoms with Crippen LogP contribution in [0.3, 0.4) is 0 Å². The van der Waals surface area contributed by atoms with Crippen molar-refractivity contribution in [3.63, 3.8) is 0 Å². The highest BCUT2D eigenvalue weighted by atomic mass is 79.9. The maximum atomic E-state index is 13.7. The third-order valence-electron chi connectivity index (χ3n) is 3.45. The van der Waals surface area contributed by atoms with E-state index in [-0.39, 0.29) is 5.82 Å². The largest absolute Gasteiger partial charge is 0.302 e. The smallest absolute Gasteiger partial charge is 0.191 e. The normalized spacial score (nSPS) is 10.9. The molecule has 6 heteroatoms. The molecule has 0 spiro atoms. The van der Waals surface area contributed by atoms with Gasteiger partial charge in [-0.05, 0) is 30.7 Å². The Hall–Kier alpha value is -1.66. The molecule has 118 valence electrons. The fourth-order valence-electron chi connectivity index (χ4n) is 2.25. The van der Waals surface area contributed by atoms with Gasteiger partial charge in [-0.3, -0.25) is 0 Å². The van der Waals surface area contributed by atoms with Crippen molar-refractivity contribution >= 4 is 27.7 Å². The third kappa shape index (κ3) is 3.64. The second-order valence-corrected chi connectivity index (χ2v) is 6.80. The topological polar surface area (TPSA) is 30.7 Å². The van der Waals surface area contributed by atoms with E-state index in [0.29, 0.717) is 11.3 Å². The first kappa shape index (κ1) is 16.2. The molecule has 0 atom stereocenters. The molecule has 3 aromatic rings. The summed E-state index contributed by atoms with van der Waals surface area (Å²) in [5, 5.41) is 9.38. The summed E-state index contributed by atoms with van der Waals surface area (Å²) >= 11 is 4.93. The van der Waals surface area contributed by atoms with Crippen LogP contribution in [0.4, 0.5) is 4.39 Å². The maximum absolute atomic E-state index is 13.7. The van der Waals surface area contributed by atoms with Gasteiger partial charge in [-0.2, -0.15) is 0 Å². The molecule has 1 heterocycles. The second kappa shape index (κ2) is 7.27. The minimum absolute atomic E-state index is 0.185. The predicted molar refractivity (Wildman–Crippen MR) is 94.8 cm³/mol. The Balaban J connectivity index is 1.84. The molecule has 1 aromatic heterocycles. The SMILES string of the molecule is CCn1c(SCc2ccccc2F)nnc1-c1ccc(Br)cc1. The molecule has 0 aliphatic heterocycles. The summed E-state index contributed by atoms with van der Waals surface area (Å²) in [7, 11) is 0. The fraction of sp³-hybridized carbons (Fsp3) is 0.176. The molecule has 0 saturated heterocycles. The Kier molecular flexibility index (Phi) is 5.13. The molecule has 0 N–H and O–H groups in total. The number of nitrogens with zero attached hydrogens (tertiary/aromatic N) is 3. The van der Waals surface area contributed by atoms with Crippen LogP contribution >= 0.6 is 27.7 Å². The van der Waals surface area contributed by atoms with Gasteiger partial charge in [-0.15, -0.1) is 10.2 Å². The van der Waals surface area contributed by atoms with Crippen molar-refractivity contribution in [1.82, 2.24) is 14.8 Å². The highest BCUT2D eigenvalue weighted by Crippen LogP contribution is 2.27. The Labute approximate surface area is 147 Å². The second-order valence-electron chi connectivity index (χ2n) is 4.94. The summed E-state index contributed by atoms with van der Waals surface area (Å²) in [5.41, 5.74) is 1.69. The molecule has 2 aromatic carbocycles. The van der Waals surface area contributed by atoms with Crippen molar-refractivity contribution in [2.45, 2.75) is 24.4 Å². The summed E-state index contributed by atoms with van der Waals surface area (Å²) in [6, 6.07) is 14.8. The van der Waals surface area contributed by atoms with Crippen LogP contribution in [0.25, 0.3) is 11.4 Å². The predicted octanol–water partition coefficient (Wildman–Crippen LogP) is 5.16. The van der Waals surface area contributed by atoms with E-state index in [1.165, 1.54) is 17.8 Å². The fourth-order valence-corrected chi connectivity index (χ4v) is 3.50. The minimum atomic E-state index is -0.185. The van der Waals surface area contributed by atoms with Gasteiger partial charge < -0.3 is 4.57 Å². The van der Waals surface area contributed by atoms with E-state index in [1.807, 2.05) is 30.3 Å². The zero-order chi connectivity index (χ0) is 16.2. The number of hydrogen-bond donors (Lipinski definition) is 0. The molecule has 0 fully saturated rings. The average molecular weight is 392 g/mol. The minimum Gasteiger partial charge on any atom is -0.302 e. The zero-order valence-electron chi connectivity index (χ0n) is 12.5. The lowest BCUT2D eigenvalue weighted by atomic mass is 10.2. The van der Waals surface area contributed by atoms with Crippen LogP contribution in [0.15, 0.2) is 58.2 Å². The van der Waals surface area contributed by atoms with Gasteiger partial charge in [0.05, 0.1) is 0 Å². The van der Waals surface area contributed by atoms with E-state index in [4.69, 9.17) is 0 Å². The maximum Gasteiger partial charge on any atom is 0.191 e. The van der Waals surface area contributed by atoms with Gasteiger partial charge in [-0.25, -0.2) is 4.39 Å². The molecule has 0 saturated carbocycles. The number of halogens is 2. The molecular weight excluding hydrogens is 377 g/mol. The van der Waals surface area contributed by atoms with Crippen LogP contribution in [0, 0.1) is 5.82 Å². The van der Waals surface area contributed by atoms with E-state index in [1.54, 1.807) is 12.1 Å². The van der Waals surface area contributed by atoms with Gasteiger partial charge in [-0.1, -0.05) is 58.0 Å².